The number of hydrogen-bond donors (Lipinski definition) is 0. The van der Waals surface area contributed by atoms with Crippen molar-refractivity contribution in [3.05, 3.63) is 0 Å². The Kier molecular flexibility index (Phi) is 5.96. The molecule has 0 saturated carbocycles. The van der Waals surface area contributed by atoms with Gasteiger partial charge in [0.25, 0.3) is 0 Å². The van der Waals surface area contributed by atoms with Gasteiger partial charge < -0.3 is 9.80 Å². The molecule has 2 saturated heterocycles. The summed E-state index contributed by atoms with van der Waals surface area (Å²) in [5.41, 5.74) is 0. The van der Waals surface area contributed by atoms with Gasteiger partial charge in [-0.15, -0.1) is 0 Å². The van der Waals surface area contributed by atoms with Gasteiger partial charge in [-0.25, -0.2) is 0 Å². The molecular weight excluding hydrogens is 212 g/mol. The quantitative estimate of drug-likeness (QED) is 0.739. The number of piperidine rings is 1. The Bertz CT molecular complexity index is 228. The Morgan fingerprint density at radius 1 is 1.18 bits per heavy atom. The van der Waals surface area contributed by atoms with Gasteiger partial charge >= 0.3 is 0 Å². The van der Waals surface area contributed by atoms with Crippen molar-refractivity contribution in [1.29, 1.82) is 0 Å². The van der Waals surface area contributed by atoms with Crippen LogP contribution in [0, 0.1) is 11.8 Å². The average molecular weight is 240 g/mol. The SMILES string of the molecule is CC.CCN1CCC(C(=O)N2CC(C)C2)CC1. The van der Waals surface area contributed by atoms with Crippen LogP contribution in [0.25, 0.3) is 0 Å². The van der Waals surface area contributed by atoms with E-state index in [4.69, 9.17) is 0 Å². The number of rotatable bonds is 2. The van der Waals surface area contributed by atoms with Crippen molar-refractivity contribution >= 4 is 5.91 Å². The van der Waals surface area contributed by atoms with E-state index >= 15 is 0 Å². The summed E-state index contributed by atoms with van der Waals surface area (Å²) in [7, 11) is 0. The van der Waals surface area contributed by atoms with Crippen molar-refractivity contribution in [3.63, 3.8) is 0 Å². The van der Waals surface area contributed by atoms with Gasteiger partial charge in [0.05, 0.1) is 0 Å². The molecule has 2 fully saturated rings. The molecule has 2 aliphatic rings. The van der Waals surface area contributed by atoms with Gasteiger partial charge in [-0.2, -0.15) is 0 Å². The van der Waals surface area contributed by atoms with Crippen molar-refractivity contribution in [2.45, 2.75) is 40.5 Å². The van der Waals surface area contributed by atoms with E-state index in [-0.39, 0.29) is 0 Å². The molecule has 0 aromatic carbocycles. The van der Waals surface area contributed by atoms with Gasteiger partial charge in [-0.1, -0.05) is 27.7 Å². The average Bonchev–Trinajstić information content (AvgIpc) is 2.37. The Labute approximate surface area is 106 Å². The second-order valence-corrected chi connectivity index (χ2v) is 5.06. The van der Waals surface area contributed by atoms with E-state index in [1.807, 2.05) is 18.7 Å². The highest BCUT2D eigenvalue weighted by molar-refractivity contribution is 5.79. The molecule has 0 radical (unpaired) electrons. The number of likely N-dealkylation sites (tertiary alicyclic amines) is 2. The Hall–Kier alpha value is -0.570. The van der Waals surface area contributed by atoms with Crippen LogP contribution in [0.3, 0.4) is 0 Å². The second-order valence-electron chi connectivity index (χ2n) is 5.06. The predicted molar refractivity (Wildman–Crippen MR) is 71.9 cm³/mol. The fraction of sp³-hybridized carbons (Fsp3) is 0.929. The molecule has 100 valence electrons. The molecule has 3 heteroatoms. The number of amides is 1. The minimum Gasteiger partial charge on any atom is -0.342 e. The smallest absolute Gasteiger partial charge is 0.225 e. The van der Waals surface area contributed by atoms with Crippen LogP contribution in [0.1, 0.15) is 40.5 Å². The van der Waals surface area contributed by atoms with E-state index in [0.717, 1.165) is 51.5 Å². The molecule has 2 heterocycles. The highest BCUT2D eigenvalue weighted by Gasteiger charge is 2.33. The van der Waals surface area contributed by atoms with Crippen LogP contribution in [0.5, 0.6) is 0 Å². The van der Waals surface area contributed by atoms with Gasteiger partial charge in [-0.3, -0.25) is 4.79 Å². The maximum atomic E-state index is 12.0. The third kappa shape index (κ3) is 3.70. The van der Waals surface area contributed by atoms with Gasteiger partial charge in [0.1, 0.15) is 0 Å². The lowest BCUT2D eigenvalue weighted by molar-refractivity contribution is -0.143. The molecule has 0 unspecified atom stereocenters. The first-order valence-electron chi connectivity index (χ1n) is 7.21. The molecule has 0 aromatic rings. The minimum absolute atomic E-state index is 0.320. The molecule has 1 amide bonds. The Morgan fingerprint density at radius 3 is 2.12 bits per heavy atom. The van der Waals surface area contributed by atoms with Crippen LogP contribution < -0.4 is 0 Å². The van der Waals surface area contributed by atoms with E-state index in [2.05, 4.69) is 18.7 Å². The first-order chi connectivity index (χ1) is 8.20. The lowest BCUT2D eigenvalue weighted by Crippen LogP contribution is -2.52. The highest BCUT2D eigenvalue weighted by atomic mass is 16.2. The monoisotopic (exact) mass is 240 g/mol. The highest BCUT2D eigenvalue weighted by Crippen LogP contribution is 2.23. The summed E-state index contributed by atoms with van der Waals surface area (Å²) in [4.78, 5) is 16.5. The zero-order valence-electron chi connectivity index (χ0n) is 11.9. The molecule has 0 spiro atoms. The van der Waals surface area contributed by atoms with Gasteiger partial charge in [0, 0.05) is 19.0 Å². The second kappa shape index (κ2) is 7.00. The third-order valence-electron chi connectivity index (χ3n) is 3.76. The van der Waals surface area contributed by atoms with E-state index < -0.39 is 0 Å². The first kappa shape index (κ1) is 14.5. The number of hydrogen-bond acceptors (Lipinski definition) is 2. The lowest BCUT2D eigenvalue weighted by atomic mass is 9.92. The molecule has 0 N–H and O–H groups in total. The Balaban J connectivity index is 0.000000686. The first-order valence-corrected chi connectivity index (χ1v) is 7.21. The summed E-state index contributed by atoms with van der Waals surface area (Å²) in [5, 5.41) is 0. The zero-order valence-corrected chi connectivity index (χ0v) is 11.9. The fourth-order valence-corrected chi connectivity index (χ4v) is 2.63. The standard InChI is InChI=1S/C12H22N2O.C2H6/c1-3-13-6-4-11(5-7-13)12(15)14-8-10(2)9-14;1-2/h10-11H,3-9H2,1-2H3;1-2H3. The van der Waals surface area contributed by atoms with Gasteiger partial charge in [-0.05, 0) is 38.4 Å². The van der Waals surface area contributed by atoms with E-state index in [9.17, 15) is 4.79 Å². The number of nitrogens with zero attached hydrogens (tertiary/aromatic N) is 2. The molecule has 0 aliphatic carbocycles. The van der Waals surface area contributed by atoms with Crippen LogP contribution in [0.4, 0.5) is 0 Å². The van der Waals surface area contributed by atoms with Gasteiger partial charge in [0.15, 0.2) is 0 Å². The minimum atomic E-state index is 0.320. The van der Waals surface area contributed by atoms with Crippen molar-refractivity contribution in [1.82, 2.24) is 9.80 Å². The third-order valence-corrected chi connectivity index (χ3v) is 3.76. The molecule has 2 rings (SSSR count). The van der Waals surface area contributed by atoms with E-state index in [0.29, 0.717) is 11.8 Å². The molecule has 0 aromatic heterocycles. The van der Waals surface area contributed by atoms with Crippen molar-refractivity contribution in [3.8, 4) is 0 Å². The molecule has 17 heavy (non-hydrogen) atoms. The van der Waals surface area contributed by atoms with Crippen LogP contribution in [-0.4, -0.2) is 48.4 Å². The summed E-state index contributed by atoms with van der Waals surface area (Å²) in [6, 6.07) is 0. The molecule has 2 aliphatic heterocycles. The maximum absolute atomic E-state index is 12.0. The Morgan fingerprint density at radius 2 is 1.71 bits per heavy atom. The number of carbonyl (C=O) groups excluding carboxylic acids is 1. The summed E-state index contributed by atoms with van der Waals surface area (Å²) in [6.07, 6.45) is 2.13. The zero-order chi connectivity index (χ0) is 12.8. The summed E-state index contributed by atoms with van der Waals surface area (Å²) in [6.45, 7) is 13.7. The normalized spacial score (nSPS) is 22.7. The van der Waals surface area contributed by atoms with E-state index in [1.54, 1.807) is 0 Å². The number of carbonyl (C=O) groups is 1. The molecular formula is C14H28N2O. The lowest BCUT2D eigenvalue weighted by Gasteiger charge is -2.41. The van der Waals surface area contributed by atoms with Crippen LogP contribution >= 0.6 is 0 Å². The topological polar surface area (TPSA) is 23.6 Å². The summed E-state index contributed by atoms with van der Waals surface area (Å²) >= 11 is 0. The molecule has 0 bridgehead atoms. The summed E-state index contributed by atoms with van der Waals surface area (Å²) < 4.78 is 0. The van der Waals surface area contributed by atoms with Crippen LogP contribution in [0.15, 0.2) is 0 Å². The predicted octanol–water partition coefficient (Wildman–Crippen LogP) is 2.22. The van der Waals surface area contributed by atoms with Gasteiger partial charge in [0.2, 0.25) is 5.91 Å². The van der Waals surface area contributed by atoms with Crippen molar-refractivity contribution < 1.29 is 4.79 Å². The molecule has 3 nitrogen and oxygen atoms in total. The molecule has 0 atom stereocenters. The maximum Gasteiger partial charge on any atom is 0.225 e. The van der Waals surface area contributed by atoms with Crippen molar-refractivity contribution in [2.75, 3.05) is 32.7 Å². The van der Waals surface area contributed by atoms with Crippen molar-refractivity contribution in [2.24, 2.45) is 11.8 Å². The van der Waals surface area contributed by atoms with Crippen LogP contribution in [-0.2, 0) is 4.79 Å². The summed E-state index contributed by atoms with van der Waals surface area (Å²) in [5.74, 6) is 1.47. The largest absolute Gasteiger partial charge is 0.342 e. The van der Waals surface area contributed by atoms with Crippen LogP contribution in [0.2, 0.25) is 0 Å². The fourth-order valence-electron chi connectivity index (χ4n) is 2.63. The van der Waals surface area contributed by atoms with E-state index in [1.165, 1.54) is 0 Å².